The average molecular weight is 372 g/mol. The van der Waals surface area contributed by atoms with Crippen LogP contribution in [0.5, 0.6) is 0 Å². The van der Waals surface area contributed by atoms with Crippen LogP contribution in [0.25, 0.3) is 0 Å². The van der Waals surface area contributed by atoms with Crippen LogP contribution in [0.4, 0.5) is 16.3 Å². The van der Waals surface area contributed by atoms with Gasteiger partial charge in [-0.1, -0.05) is 19.1 Å². The first-order chi connectivity index (χ1) is 12.8. The molecule has 2 N–H and O–H groups in total. The number of carbonyl (C=O) groups excluding carboxylic acids is 1. The van der Waals surface area contributed by atoms with Crippen molar-refractivity contribution in [3.63, 3.8) is 0 Å². The molecule has 26 heavy (non-hydrogen) atoms. The van der Waals surface area contributed by atoms with E-state index in [2.05, 4.69) is 32.4 Å². The van der Waals surface area contributed by atoms with E-state index in [-0.39, 0.29) is 12.1 Å². The molecule has 0 saturated carbocycles. The zero-order valence-corrected chi connectivity index (χ0v) is 15.8. The molecule has 0 spiro atoms. The second-order valence-corrected chi connectivity index (χ2v) is 7.43. The molecule has 2 amide bonds. The number of nitrogens with zero attached hydrogens (tertiary/aromatic N) is 3. The average Bonchev–Trinajstić information content (AvgIpc) is 2.68. The van der Waals surface area contributed by atoms with Gasteiger partial charge in [-0.3, -0.25) is 4.98 Å². The van der Waals surface area contributed by atoms with Crippen molar-refractivity contribution in [1.29, 1.82) is 0 Å². The van der Waals surface area contributed by atoms with E-state index >= 15 is 0 Å². The van der Waals surface area contributed by atoms with Gasteiger partial charge in [0.1, 0.15) is 5.82 Å². The summed E-state index contributed by atoms with van der Waals surface area (Å²) in [6.45, 7) is 3.84. The second kappa shape index (κ2) is 9.43. The summed E-state index contributed by atoms with van der Waals surface area (Å²) >= 11 is 1.77. The molecule has 0 radical (unpaired) electrons. The lowest BCUT2D eigenvalue weighted by Crippen LogP contribution is -2.49. The summed E-state index contributed by atoms with van der Waals surface area (Å²) in [6.07, 6.45) is 8.23. The van der Waals surface area contributed by atoms with E-state index in [1.807, 2.05) is 24.3 Å². The first-order valence-corrected chi connectivity index (χ1v) is 10.0. The van der Waals surface area contributed by atoms with E-state index in [9.17, 15) is 4.79 Å². The van der Waals surface area contributed by atoms with Gasteiger partial charge < -0.3 is 15.5 Å². The quantitative estimate of drug-likeness (QED) is 0.757. The number of hydrogen-bond donors (Lipinski definition) is 2. The lowest BCUT2D eigenvalue weighted by Gasteiger charge is -2.33. The number of nitrogens with one attached hydrogen (secondary N) is 2. The maximum atomic E-state index is 12.5. The number of urea groups is 1. The first-order valence-electron chi connectivity index (χ1n) is 9.06. The summed E-state index contributed by atoms with van der Waals surface area (Å²) < 4.78 is 0. The highest BCUT2D eigenvalue weighted by atomic mass is 32.2. The number of rotatable bonds is 6. The summed E-state index contributed by atoms with van der Waals surface area (Å²) in [4.78, 5) is 24.2. The van der Waals surface area contributed by atoms with Crippen molar-refractivity contribution in [2.45, 2.75) is 37.1 Å². The number of thioether (sulfide) groups is 1. The Bertz CT molecular complexity index is 712. The summed E-state index contributed by atoms with van der Waals surface area (Å²) in [5, 5.41) is 6.11. The number of anilines is 2. The standard InChI is InChI=1S/C19H25N5OS/c1-2-12-26-17-8-4-3-7-16(17)23-19(25)22-15-6-5-11-24(14-15)18-13-20-9-10-21-18/h3-4,7-10,13,15H,2,5-6,11-12,14H2,1H3,(H2,22,23,25)/t15-/m0/s1. The highest BCUT2D eigenvalue weighted by Crippen LogP contribution is 2.27. The van der Waals surface area contributed by atoms with Gasteiger partial charge in [-0.05, 0) is 37.1 Å². The fourth-order valence-electron chi connectivity index (χ4n) is 3.01. The van der Waals surface area contributed by atoms with Crippen LogP contribution in [0.1, 0.15) is 26.2 Å². The van der Waals surface area contributed by atoms with Crippen LogP contribution < -0.4 is 15.5 Å². The molecule has 7 heteroatoms. The van der Waals surface area contributed by atoms with Gasteiger partial charge >= 0.3 is 6.03 Å². The molecule has 0 aliphatic carbocycles. The van der Waals surface area contributed by atoms with E-state index in [1.54, 1.807) is 30.4 Å². The largest absolute Gasteiger partial charge is 0.353 e. The van der Waals surface area contributed by atoms with Crippen LogP contribution in [0.3, 0.4) is 0 Å². The molecule has 138 valence electrons. The van der Waals surface area contributed by atoms with Crippen molar-refractivity contribution in [2.24, 2.45) is 0 Å². The van der Waals surface area contributed by atoms with E-state index in [1.165, 1.54) is 0 Å². The van der Waals surface area contributed by atoms with Gasteiger partial charge in [0.05, 0.1) is 11.9 Å². The van der Waals surface area contributed by atoms with Crippen LogP contribution in [0, 0.1) is 0 Å². The van der Waals surface area contributed by atoms with Crippen LogP contribution in [-0.2, 0) is 0 Å². The Morgan fingerprint density at radius 3 is 3.04 bits per heavy atom. The Morgan fingerprint density at radius 2 is 2.23 bits per heavy atom. The third kappa shape index (κ3) is 5.11. The highest BCUT2D eigenvalue weighted by molar-refractivity contribution is 7.99. The minimum absolute atomic E-state index is 0.0983. The van der Waals surface area contributed by atoms with Gasteiger partial charge in [0, 0.05) is 36.4 Å². The van der Waals surface area contributed by atoms with Crippen molar-refractivity contribution in [3.8, 4) is 0 Å². The fourth-order valence-corrected chi connectivity index (χ4v) is 3.88. The molecule has 1 aromatic carbocycles. The van der Waals surface area contributed by atoms with Crippen molar-refractivity contribution in [3.05, 3.63) is 42.9 Å². The molecule has 1 aliphatic heterocycles. The Kier molecular flexibility index (Phi) is 6.71. The molecule has 1 aromatic heterocycles. The Morgan fingerprint density at radius 1 is 1.35 bits per heavy atom. The number of piperidine rings is 1. The smallest absolute Gasteiger partial charge is 0.319 e. The topological polar surface area (TPSA) is 70.2 Å². The highest BCUT2D eigenvalue weighted by Gasteiger charge is 2.22. The van der Waals surface area contributed by atoms with Gasteiger partial charge in [0.15, 0.2) is 0 Å². The van der Waals surface area contributed by atoms with E-state index in [0.717, 1.165) is 54.5 Å². The summed E-state index contributed by atoms with van der Waals surface area (Å²) in [6, 6.07) is 7.89. The van der Waals surface area contributed by atoms with Gasteiger partial charge in [-0.2, -0.15) is 0 Å². The van der Waals surface area contributed by atoms with Crippen molar-refractivity contribution >= 4 is 29.3 Å². The first kappa shape index (κ1) is 18.5. The number of aromatic nitrogens is 2. The van der Waals surface area contributed by atoms with Crippen LogP contribution in [0.2, 0.25) is 0 Å². The molecule has 0 unspecified atom stereocenters. The van der Waals surface area contributed by atoms with E-state index in [4.69, 9.17) is 0 Å². The minimum Gasteiger partial charge on any atom is -0.353 e. The van der Waals surface area contributed by atoms with Gasteiger partial charge in [0.25, 0.3) is 0 Å². The molecular formula is C19H25N5OS. The summed E-state index contributed by atoms with van der Waals surface area (Å²) in [5.74, 6) is 1.90. The molecule has 1 atom stereocenters. The SMILES string of the molecule is CCCSc1ccccc1NC(=O)N[C@H]1CCCN(c2cnccn2)C1. The van der Waals surface area contributed by atoms with Gasteiger partial charge in [-0.15, -0.1) is 11.8 Å². The molecule has 2 aromatic rings. The molecular weight excluding hydrogens is 346 g/mol. The van der Waals surface area contributed by atoms with E-state index in [0.29, 0.717) is 0 Å². The zero-order chi connectivity index (χ0) is 18.2. The number of hydrogen-bond acceptors (Lipinski definition) is 5. The zero-order valence-electron chi connectivity index (χ0n) is 15.0. The Hall–Kier alpha value is -2.28. The summed E-state index contributed by atoms with van der Waals surface area (Å²) in [7, 11) is 0. The number of para-hydroxylation sites is 1. The van der Waals surface area contributed by atoms with Crippen molar-refractivity contribution in [1.82, 2.24) is 15.3 Å². The lowest BCUT2D eigenvalue weighted by atomic mass is 10.1. The monoisotopic (exact) mass is 371 g/mol. The number of amides is 2. The third-order valence-electron chi connectivity index (χ3n) is 4.23. The van der Waals surface area contributed by atoms with Crippen molar-refractivity contribution in [2.75, 3.05) is 29.1 Å². The lowest BCUT2D eigenvalue weighted by molar-refractivity contribution is 0.246. The molecule has 2 heterocycles. The van der Waals surface area contributed by atoms with Crippen LogP contribution in [0.15, 0.2) is 47.8 Å². The van der Waals surface area contributed by atoms with Crippen LogP contribution in [-0.4, -0.2) is 40.9 Å². The maximum Gasteiger partial charge on any atom is 0.319 e. The fraction of sp³-hybridized carbons (Fsp3) is 0.421. The summed E-state index contributed by atoms with van der Waals surface area (Å²) in [5.41, 5.74) is 0.866. The third-order valence-corrected chi connectivity index (χ3v) is 5.51. The number of carbonyl (C=O) groups is 1. The normalized spacial score (nSPS) is 17.0. The Balaban J connectivity index is 1.56. The van der Waals surface area contributed by atoms with Gasteiger partial charge in [0.2, 0.25) is 0 Å². The molecule has 1 aliphatic rings. The molecule has 3 rings (SSSR count). The molecule has 0 bridgehead atoms. The Labute approximate surface area is 158 Å². The predicted molar refractivity (Wildman–Crippen MR) is 107 cm³/mol. The van der Waals surface area contributed by atoms with Crippen molar-refractivity contribution < 1.29 is 4.79 Å². The maximum absolute atomic E-state index is 12.5. The number of benzene rings is 1. The van der Waals surface area contributed by atoms with E-state index < -0.39 is 0 Å². The molecule has 6 nitrogen and oxygen atoms in total. The second-order valence-electron chi connectivity index (χ2n) is 6.29. The van der Waals surface area contributed by atoms with Gasteiger partial charge in [-0.25, -0.2) is 9.78 Å². The molecule has 1 fully saturated rings. The molecule has 1 saturated heterocycles. The van der Waals surface area contributed by atoms with Crippen LogP contribution >= 0.6 is 11.8 Å². The minimum atomic E-state index is -0.152. The predicted octanol–water partition coefficient (Wildman–Crippen LogP) is 3.77.